The van der Waals surface area contributed by atoms with Gasteiger partial charge in [0.25, 0.3) is 0 Å². The molecule has 0 amide bonds. The molecule has 4 aromatic rings. The second-order valence-corrected chi connectivity index (χ2v) is 14.3. The second-order valence-electron chi connectivity index (χ2n) is 14.3. The second kappa shape index (κ2) is 17.8. The zero-order chi connectivity index (χ0) is 37.8. The van der Waals surface area contributed by atoms with E-state index in [9.17, 15) is 9.59 Å². The van der Waals surface area contributed by atoms with Crippen LogP contribution in [0.2, 0.25) is 0 Å². The molecule has 3 atom stereocenters. The van der Waals surface area contributed by atoms with Gasteiger partial charge in [-0.05, 0) is 94.6 Å². The number of nitrogens with zero attached hydrogens (tertiary/aromatic N) is 2. The molecule has 0 aromatic heterocycles. The van der Waals surface area contributed by atoms with Crippen LogP contribution in [0, 0.1) is 13.8 Å². The third-order valence-electron chi connectivity index (χ3n) is 10.8. The van der Waals surface area contributed by atoms with Crippen LogP contribution in [-0.2, 0) is 39.4 Å². The summed E-state index contributed by atoms with van der Waals surface area (Å²) >= 11 is 0. The van der Waals surface area contributed by atoms with E-state index in [1.54, 1.807) is 7.11 Å². The molecule has 2 aliphatic heterocycles. The molecule has 0 fully saturated rings. The molecule has 0 N–H and O–H groups in total. The third kappa shape index (κ3) is 8.63. The van der Waals surface area contributed by atoms with Crippen molar-refractivity contribution in [1.82, 2.24) is 0 Å². The first-order chi connectivity index (χ1) is 24.8. The Hall–Kier alpha value is -3.40. The zero-order valence-corrected chi connectivity index (χ0v) is 35.6. The van der Waals surface area contributed by atoms with Crippen molar-refractivity contribution in [2.24, 2.45) is 4.99 Å². The Morgan fingerprint density at radius 3 is 1.83 bits per heavy atom. The van der Waals surface area contributed by atoms with Crippen molar-refractivity contribution < 1.29 is 62.7 Å². The Balaban J connectivity index is 0.000000243. The summed E-state index contributed by atoms with van der Waals surface area (Å²) in [6.45, 7) is 20.4. The maximum atomic E-state index is 12.6. The quantitative estimate of drug-likeness (QED) is 0.0732. The van der Waals surface area contributed by atoms with Crippen molar-refractivity contribution >= 4 is 56.3 Å². The smallest absolute Gasteiger partial charge is 0.466 e. The van der Waals surface area contributed by atoms with Gasteiger partial charge >= 0.3 is 41.5 Å². The maximum absolute atomic E-state index is 12.6. The molecule has 3 unspecified atom stereocenters. The number of ether oxygens (including phenoxy) is 4. The molecule has 2 heterocycles. The largest absolute Gasteiger partial charge is 1.00 e. The van der Waals surface area contributed by atoms with Crippen LogP contribution in [0.25, 0.3) is 21.5 Å². The topological polar surface area (TPSA) is 86.4 Å². The van der Waals surface area contributed by atoms with Crippen molar-refractivity contribution in [2.45, 2.75) is 98.7 Å². The predicted octanol–water partition coefficient (Wildman–Crippen LogP) is 6.35. The third-order valence-corrected chi connectivity index (χ3v) is 10.8. The van der Waals surface area contributed by atoms with E-state index in [1.807, 2.05) is 27.7 Å². The molecule has 0 radical (unpaired) electrons. The van der Waals surface area contributed by atoms with E-state index in [1.165, 1.54) is 38.2 Å². The number of fused-ring (bicyclic) bond motifs is 6. The van der Waals surface area contributed by atoms with E-state index in [0.717, 1.165) is 41.3 Å². The first-order valence-corrected chi connectivity index (χ1v) is 18.5. The van der Waals surface area contributed by atoms with Crippen molar-refractivity contribution in [3.05, 3.63) is 82.9 Å². The van der Waals surface area contributed by atoms with E-state index in [0.29, 0.717) is 32.7 Å². The number of hydrogen-bond donors (Lipinski definition) is 0. The number of carbonyl (C=O) groups excluding carboxylic acids is 2. The molecule has 53 heavy (non-hydrogen) atoms. The van der Waals surface area contributed by atoms with Gasteiger partial charge in [0.1, 0.15) is 0 Å². The number of benzene rings is 4. The number of aryl methyl sites for hydroxylation is 2. The average Bonchev–Trinajstić information content (AvgIpc) is 3.47. The Morgan fingerprint density at radius 2 is 1.28 bits per heavy atom. The molecule has 4 aromatic carbocycles. The van der Waals surface area contributed by atoms with Crippen molar-refractivity contribution in [3.8, 4) is 0 Å². The fourth-order valence-corrected chi connectivity index (χ4v) is 7.91. The number of carbonyl (C=O) groups is 2. The summed E-state index contributed by atoms with van der Waals surface area (Å²) in [6, 6.07) is 21.5. The molecular weight excluding hydrogens is 675 g/mol. The summed E-state index contributed by atoms with van der Waals surface area (Å²) < 4.78 is 24.0. The Kier molecular flexibility index (Phi) is 14.2. The SMILES string of the molecule is CCOC(=O)CC1(C)C(C)=Nc2ccc3cc(C)ccc3c21.CCOC(=O)CC1(C)C(C)=[N+](CCC(OC)OCC)c2ccc3cc(C)ccc3c21.[Na+]. The van der Waals surface area contributed by atoms with Gasteiger partial charge in [-0.3, -0.25) is 14.6 Å². The molecular formula is C44H55N2NaO6+2. The Labute approximate surface area is 337 Å². The summed E-state index contributed by atoms with van der Waals surface area (Å²) in [7, 11) is 1.68. The van der Waals surface area contributed by atoms with Gasteiger partial charge in [0, 0.05) is 43.4 Å². The van der Waals surface area contributed by atoms with Gasteiger partial charge in [-0.1, -0.05) is 53.6 Å². The standard InChI is InChI=1S/C25H34NO4.C19H21NO2.Na/c1-7-29-22(27)16-25(5)18(4)26(14-13-23(28-6)30-8-2)21-12-10-19-15-17(3)9-11-20(19)24(21)25;1-5-22-17(21)11-19(4)13(3)20-16-9-7-14-10-12(2)6-8-15(14)18(16)19;/h9-12,15,23H,7-8,13-14,16H2,1-6H3;6-10H,5,11H2,1-4H3;/q+1;;+1. The average molecular weight is 731 g/mol. The number of hydrogen-bond acceptors (Lipinski definition) is 7. The van der Waals surface area contributed by atoms with Crippen molar-refractivity contribution in [2.75, 3.05) is 33.5 Å². The molecule has 9 heteroatoms. The van der Waals surface area contributed by atoms with Crippen LogP contribution in [0.3, 0.4) is 0 Å². The van der Waals surface area contributed by atoms with Crippen LogP contribution < -0.4 is 29.6 Å². The summed E-state index contributed by atoms with van der Waals surface area (Å²) in [4.78, 5) is 29.3. The molecule has 6 rings (SSSR count). The molecule has 0 aliphatic carbocycles. The molecule has 0 bridgehead atoms. The van der Waals surface area contributed by atoms with Crippen LogP contribution >= 0.6 is 0 Å². The first kappa shape index (κ1) is 42.3. The minimum Gasteiger partial charge on any atom is -0.466 e. The van der Waals surface area contributed by atoms with Gasteiger partial charge in [0.05, 0.1) is 43.6 Å². The normalized spacial score (nSPS) is 19.2. The van der Waals surface area contributed by atoms with Crippen LogP contribution in [0.5, 0.6) is 0 Å². The van der Waals surface area contributed by atoms with Crippen molar-refractivity contribution in [3.63, 3.8) is 0 Å². The van der Waals surface area contributed by atoms with E-state index in [-0.39, 0.29) is 47.8 Å². The summed E-state index contributed by atoms with van der Waals surface area (Å²) in [6.07, 6.45) is 1.15. The van der Waals surface area contributed by atoms with Gasteiger partial charge in [0.15, 0.2) is 18.5 Å². The van der Waals surface area contributed by atoms with E-state index < -0.39 is 10.8 Å². The first-order valence-electron chi connectivity index (χ1n) is 18.5. The maximum Gasteiger partial charge on any atom is 1.00 e. The van der Waals surface area contributed by atoms with E-state index in [2.05, 4.69) is 99.9 Å². The number of aliphatic imine (C=N–C) groups is 1. The van der Waals surface area contributed by atoms with Gasteiger partial charge in [-0.25, -0.2) is 0 Å². The Bertz CT molecular complexity index is 2060. The van der Waals surface area contributed by atoms with Crippen molar-refractivity contribution in [1.29, 1.82) is 0 Å². The van der Waals surface area contributed by atoms with Gasteiger partial charge in [-0.15, -0.1) is 0 Å². The minimum atomic E-state index is -0.426. The van der Waals surface area contributed by atoms with Gasteiger partial charge < -0.3 is 18.9 Å². The zero-order valence-electron chi connectivity index (χ0n) is 33.6. The molecule has 0 spiro atoms. The van der Waals surface area contributed by atoms with Crippen LogP contribution in [0.4, 0.5) is 11.4 Å². The molecule has 0 saturated heterocycles. The monoisotopic (exact) mass is 730 g/mol. The van der Waals surface area contributed by atoms with E-state index in [4.69, 9.17) is 23.9 Å². The Morgan fingerprint density at radius 1 is 0.736 bits per heavy atom. The predicted molar refractivity (Wildman–Crippen MR) is 210 cm³/mol. The number of esters is 2. The summed E-state index contributed by atoms with van der Waals surface area (Å²) in [5.74, 6) is -0.336. The molecule has 276 valence electrons. The van der Waals surface area contributed by atoms with Gasteiger partial charge in [0.2, 0.25) is 5.69 Å². The molecule has 0 saturated carbocycles. The van der Waals surface area contributed by atoms with Gasteiger partial charge in [-0.2, -0.15) is 4.58 Å². The summed E-state index contributed by atoms with van der Waals surface area (Å²) in [5, 5.41) is 4.76. The van der Waals surface area contributed by atoms with Crippen LogP contribution in [0.15, 0.2) is 65.7 Å². The van der Waals surface area contributed by atoms with E-state index >= 15 is 0 Å². The van der Waals surface area contributed by atoms with Crippen LogP contribution in [0.1, 0.15) is 90.0 Å². The minimum absolute atomic E-state index is 0. The summed E-state index contributed by atoms with van der Waals surface area (Å²) in [5.41, 5.74) is 8.25. The molecule has 8 nitrogen and oxygen atoms in total. The molecule has 2 aliphatic rings. The van der Waals surface area contributed by atoms with Crippen LogP contribution in [-0.4, -0.2) is 67.7 Å². The number of methoxy groups -OCH3 is 1. The fraction of sp³-hybridized carbons (Fsp3) is 0.455. The number of rotatable bonds is 12. The fourth-order valence-electron chi connectivity index (χ4n) is 7.91.